The molecule has 0 aliphatic heterocycles. The lowest BCUT2D eigenvalue weighted by Gasteiger charge is -2.09. The van der Waals surface area contributed by atoms with Gasteiger partial charge in [0.1, 0.15) is 11.6 Å². The summed E-state index contributed by atoms with van der Waals surface area (Å²) in [6, 6.07) is 12.1. The molecule has 0 fully saturated rings. The quantitative estimate of drug-likeness (QED) is 0.718. The molecule has 24 heavy (non-hydrogen) atoms. The molecule has 2 N–H and O–H groups in total. The Bertz CT molecular complexity index is 855. The highest BCUT2D eigenvalue weighted by molar-refractivity contribution is 5.58. The van der Waals surface area contributed by atoms with Crippen LogP contribution in [0.5, 0.6) is 0 Å². The van der Waals surface area contributed by atoms with Crippen molar-refractivity contribution in [3.8, 4) is 12.3 Å². The first-order valence-corrected chi connectivity index (χ1v) is 6.91. The Kier molecular flexibility index (Phi) is 4.29. The zero-order valence-corrected chi connectivity index (χ0v) is 12.3. The third-order valence-electron chi connectivity index (χ3n) is 3.01. The van der Waals surface area contributed by atoms with Gasteiger partial charge in [-0.2, -0.15) is 15.0 Å². The van der Waals surface area contributed by atoms with E-state index in [0.717, 1.165) is 0 Å². The monoisotopic (exact) mass is 323 g/mol. The van der Waals surface area contributed by atoms with Crippen molar-refractivity contribution in [2.45, 2.75) is 0 Å². The summed E-state index contributed by atoms with van der Waals surface area (Å²) in [4.78, 5) is 12.0. The molecule has 3 aromatic rings. The number of hydrogen-bond acceptors (Lipinski definition) is 5. The van der Waals surface area contributed by atoms with Crippen LogP contribution in [-0.4, -0.2) is 15.0 Å². The van der Waals surface area contributed by atoms with Gasteiger partial charge >= 0.3 is 0 Å². The number of aromatic nitrogens is 3. The van der Waals surface area contributed by atoms with Crippen LogP contribution in [0.3, 0.4) is 0 Å². The van der Waals surface area contributed by atoms with Crippen LogP contribution in [0.4, 0.5) is 32.1 Å². The second-order valence-corrected chi connectivity index (χ2v) is 4.66. The summed E-state index contributed by atoms with van der Waals surface area (Å²) in [6.45, 7) is 0. The molecule has 1 aromatic heterocycles. The number of nitrogens with one attached hydrogen (secondary N) is 2. The van der Waals surface area contributed by atoms with Crippen LogP contribution in [0.2, 0.25) is 0 Å². The van der Waals surface area contributed by atoms with Crippen LogP contribution in [0.25, 0.3) is 0 Å². The average Bonchev–Trinajstić information content (AvgIpc) is 2.59. The molecule has 5 nitrogen and oxygen atoms in total. The fourth-order valence-corrected chi connectivity index (χ4v) is 1.92. The third-order valence-corrected chi connectivity index (χ3v) is 3.01. The van der Waals surface area contributed by atoms with Crippen molar-refractivity contribution in [3.63, 3.8) is 0 Å². The number of rotatable bonds is 4. The molecule has 3 rings (SSSR count). The van der Waals surface area contributed by atoms with E-state index in [1.165, 1.54) is 24.3 Å². The molecule has 0 radical (unpaired) electrons. The van der Waals surface area contributed by atoms with E-state index in [4.69, 9.17) is 6.42 Å². The van der Waals surface area contributed by atoms with Gasteiger partial charge in [-0.25, -0.2) is 8.78 Å². The fourth-order valence-electron chi connectivity index (χ4n) is 1.92. The summed E-state index contributed by atoms with van der Waals surface area (Å²) >= 11 is 0. The largest absolute Gasteiger partial charge is 0.321 e. The number of anilines is 4. The molecule has 0 saturated heterocycles. The molecule has 2 aromatic carbocycles. The Morgan fingerprint density at radius 1 is 0.750 bits per heavy atom. The molecule has 0 amide bonds. The van der Waals surface area contributed by atoms with Gasteiger partial charge in [-0.1, -0.05) is 24.3 Å². The molecule has 0 aliphatic rings. The first-order valence-electron chi connectivity index (χ1n) is 6.91. The Morgan fingerprint density at radius 2 is 1.21 bits per heavy atom. The van der Waals surface area contributed by atoms with E-state index in [-0.39, 0.29) is 29.1 Å². The van der Waals surface area contributed by atoms with Gasteiger partial charge in [0.2, 0.25) is 17.7 Å². The molecule has 7 heteroatoms. The van der Waals surface area contributed by atoms with Gasteiger partial charge in [0.05, 0.1) is 11.4 Å². The lowest BCUT2D eigenvalue weighted by Crippen LogP contribution is -2.07. The van der Waals surface area contributed by atoms with Crippen LogP contribution in [0.15, 0.2) is 48.5 Å². The second-order valence-electron chi connectivity index (χ2n) is 4.66. The van der Waals surface area contributed by atoms with Gasteiger partial charge in [-0.15, -0.1) is 6.42 Å². The highest BCUT2D eigenvalue weighted by Gasteiger charge is 2.09. The summed E-state index contributed by atoms with van der Waals surface area (Å²) in [6.07, 6.45) is 5.33. The van der Waals surface area contributed by atoms with Crippen LogP contribution in [0, 0.1) is 24.0 Å². The average molecular weight is 323 g/mol. The van der Waals surface area contributed by atoms with E-state index < -0.39 is 11.6 Å². The van der Waals surface area contributed by atoms with Crippen LogP contribution >= 0.6 is 0 Å². The minimum absolute atomic E-state index is 0.0303. The maximum Gasteiger partial charge on any atom is 0.233 e. The van der Waals surface area contributed by atoms with Gasteiger partial charge in [0, 0.05) is 0 Å². The minimum atomic E-state index is -0.469. The Morgan fingerprint density at radius 3 is 1.62 bits per heavy atom. The highest BCUT2D eigenvalue weighted by Crippen LogP contribution is 2.20. The van der Waals surface area contributed by atoms with Crippen LogP contribution in [0.1, 0.15) is 5.82 Å². The van der Waals surface area contributed by atoms with Gasteiger partial charge in [0.15, 0.2) is 0 Å². The number of nitrogens with zero attached hydrogens (tertiary/aromatic N) is 3. The second kappa shape index (κ2) is 6.71. The van der Waals surface area contributed by atoms with E-state index in [1.54, 1.807) is 24.3 Å². The summed E-state index contributed by atoms with van der Waals surface area (Å²) in [5, 5.41) is 5.44. The Balaban J connectivity index is 1.93. The number of terminal acetylenes is 1. The molecule has 0 atom stereocenters. The van der Waals surface area contributed by atoms with Crippen molar-refractivity contribution in [2.24, 2.45) is 0 Å². The van der Waals surface area contributed by atoms with E-state index in [0.29, 0.717) is 0 Å². The summed E-state index contributed by atoms with van der Waals surface area (Å²) in [5.74, 6) is 1.46. The number of hydrogen-bond donors (Lipinski definition) is 2. The topological polar surface area (TPSA) is 62.7 Å². The standard InChI is InChI=1S/C17H11F2N5/c1-2-15-22-16(20-13-9-5-3-7-11(13)18)24-17(23-15)21-14-10-6-4-8-12(14)19/h1,3-10H,(H2,20,21,22,23,24). The van der Waals surface area contributed by atoms with Crippen molar-refractivity contribution in [1.29, 1.82) is 0 Å². The molecule has 0 unspecified atom stereocenters. The fraction of sp³-hybridized carbons (Fsp3) is 0. The lowest BCUT2D eigenvalue weighted by molar-refractivity contribution is 0.631. The number of benzene rings is 2. The third kappa shape index (κ3) is 3.44. The maximum atomic E-state index is 13.7. The molecular weight excluding hydrogens is 312 g/mol. The summed E-state index contributed by atoms with van der Waals surface area (Å²) in [5.41, 5.74) is 0.368. The van der Waals surface area contributed by atoms with E-state index in [1.807, 2.05) is 0 Å². The Hall–Kier alpha value is -3.53. The number of para-hydroxylation sites is 2. The summed E-state index contributed by atoms with van der Waals surface area (Å²) in [7, 11) is 0. The van der Waals surface area contributed by atoms with E-state index in [9.17, 15) is 8.78 Å². The van der Waals surface area contributed by atoms with Crippen LogP contribution in [-0.2, 0) is 0 Å². The normalized spacial score (nSPS) is 10.0. The van der Waals surface area contributed by atoms with Crippen LogP contribution < -0.4 is 10.6 Å². The number of halogens is 2. The van der Waals surface area contributed by atoms with Gasteiger partial charge in [-0.3, -0.25) is 0 Å². The van der Waals surface area contributed by atoms with Gasteiger partial charge < -0.3 is 10.6 Å². The van der Waals surface area contributed by atoms with Gasteiger partial charge in [0.25, 0.3) is 0 Å². The molecule has 0 spiro atoms. The van der Waals surface area contributed by atoms with E-state index in [2.05, 4.69) is 31.5 Å². The van der Waals surface area contributed by atoms with Crippen molar-refractivity contribution < 1.29 is 8.78 Å². The smallest absolute Gasteiger partial charge is 0.233 e. The molecule has 1 heterocycles. The predicted octanol–water partition coefficient (Wildman–Crippen LogP) is 3.62. The van der Waals surface area contributed by atoms with Crippen molar-refractivity contribution in [1.82, 2.24) is 15.0 Å². The first kappa shape index (κ1) is 15.4. The maximum absolute atomic E-state index is 13.7. The minimum Gasteiger partial charge on any atom is -0.321 e. The SMILES string of the molecule is C#Cc1nc(Nc2ccccc2F)nc(Nc2ccccc2F)n1. The summed E-state index contributed by atoms with van der Waals surface area (Å²) < 4.78 is 27.4. The van der Waals surface area contributed by atoms with Crippen molar-refractivity contribution in [2.75, 3.05) is 10.6 Å². The zero-order chi connectivity index (χ0) is 16.9. The first-order chi connectivity index (χ1) is 11.7. The predicted molar refractivity (Wildman–Crippen MR) is 87.1 cm³/mol. The molecular formula is C17H11F2N5. The lowest BCUT2D eigenvalue weighted by atomic mass is 10.3. The highest BCUT2D eigenvalue weighted by atomic mass is 19.1. The van der Waals surface area contributed by atoms with Gasteiger partial charge in [-0.05, 0) is 30.2 Å². The zero-order valence-electron chi connectivity index (χ0n) is 12.3. The molecule has 0 aliphatic carbocycles. The van der Waals surface area contributed by atoms with Crippen molar-refractivity contribution >= 4 is 23.3 Å². The van der Waals surface area contributed by atoms with Crippen molar-refractivity contribution in [3.05, 3.63) is 66.0 Å². The Labute approximate surface area is 136 Å². The molecule has 118 valence electrons. The van der Waals surface area contributed by atoms with E-state index >= 15 is 0 Å². The molecule has 0 saturated carbocycles. The molecule has 0 bridgehead atoms.